The van der Waals surface area contributed by atoms with E-state index in [1.54, 1.807) is 44.2 Å². The Labute approximate surface area is 165 Å². The molecule has 0 saturated heterocycles. The Hall–Kier alpha value is -2.71. The van der Waals surface area contributed by atoms with Gasteiger partial charge in [0.15, 0.2) is 0 Å². The van der Waals surface area contributed by atoms with E-state index in [4.69, 9.17) is 4.74 Å². The van der Waals surface area contributed by atoms with E-state index in [-0.39, 0.29) is 29.2 Å². The molecule has 1 N–H and O–H groups in total. The van der Waals surface area contributed by atoms with Crippen LogP contribution < -0.4 is 5.32 Å². The largest absolute Gasteiger partial charge is 0.465 e. The molecule has 0 heterocycles. The molecule has 2 rings (SSSR count). The van der Waals surface area contributed by atoms with Crippen LogP contribution in [0.4, 0.5) is 5.69 Å². The van der Waals surface area contributed by atoms with Gasteiger partial charge in [-0.1, -0.05) is 31.2 Å². The third-order valence-electron chi connectivity index (χ3n) is 4.24. The summed E-state index contributed by atoms with van der Waals surface area (Å²) in [7, 11) is -2.60. The van der Waals surface area contributed by atoms with Crippen LogP contribution in [0.2, 0.25) is 0 Å². The molecule has 0 bridgehead atoms. The number of hydrogen-bond donors (Lipinski definition) is 1. The van der Waals surface area contributed by atoms with Gasteiger partial charge in [-0.2, -0.15) is 4.31 Å². The maximum absolute atomic E-state index is 13.0. The summed E-state index contributed by atoms with van der Waals surface area (Å²) in [5, 5.41) is 2.59. The predicted octanol–water partition coefficient (Wildman–Crippen LogP) is 2.74. The van der Waals surface area contributed by atoms with Crippen LogP contribution >= 0.6 is 0 Å². The Bertz CT molecular complexity index is 986. The highest BCUT2D eigenvalue weighted by molar-refractivity contribution is 7.89. The van der Waals surface area contributed by atoms with E-state index in [0.717, 1.165) is 9.87 Å². The van der Waals surface area contributed by atoms with E-state index in [0.29, 0.717) is 5.56 Å². The van der Waals surface area contributed by atoms with E-state index < -0.39 is 21.9 Å². The number of esters is 1. The number of methoxy groups -OCH3 is 1. The van der Waals surface area contributed by atoms with Crippen LogP contribution in [0.15, 0.2) is 47.4 Å². The monoisotopic (exact) mass is 404 g/mol. The first-order valence-corrected chi connectivity index (χ1v) is 10.2. The summed E-state index contributed by atoms with van der Waals surface area (Å²) < 4.78 is 31.8. The van der Waals surface area contributed by atoms with Crippen LogP contribution in [-0.2, 0) is 19.6 Å². The number of likely N-dealkylation sites (N-methyl/N-ethyl adjacent to an activating group) is 1. The highest BCUT2D eigenvalue weighted by Crippen LogP contribution is 2.22. The maximum Gasteiger partial charge on any atom is 0.339 e. The number of sulfonamides is 1. The highest BCUT2D eigenvalue weighted by Gasteiger charge is 2.27. The molecule has 0 aliphatic carbocycles. The third-order valence-corrected chi connectivity index (χ3v) is 6.30. The number of rotatable bonds is 7. The quantitative estimate of drug-likeness (QED) is 0.717. The van der Waals surface area contributed by atoms with Crippen LogP contribution in [0.1, 0.15) is 28.4 Å². The summed E-state index contributed by atoms with van der Waals surface area (Å²) in [5.41, 5.74) is 1.88. The van der Waals surface area contributed by atoms with Crippen molar-refractivity contribution in [3.05, 3.63) is 59.2 Å². The summed E-state index contributed by atoms with van der Waals surface area (Å²) in [6.07, 6.45) is 0. The van der Waals surface area contributed by atoms with Crippen molar-refractivity contribution in [2.45, 2.75) is 25.7 Å². The van der Waals surface area contributed by atoms with E-state index >= 15 is 0 Å². The molecule has 0 saturated carbocycles. The van der Waals surface area contributed by atoms with Crippen molar-refractivity contribution in [1.82, 2.24) is 4.31 Å². The van der Waals surface area contributed by atoms with Gasteiger partial charge in [-0.15, -0.1) is 0 Å². The zero-order chi connectivity index (χ0) is 20.9. The zero-order valence-electron chi connectivity index (χ0n) is 16.4. The molecule has 0 fully saturated rings. The van der Waals surface area contributed by atoms with Crippen LogP contribution in [-0.4, -0.2) is 44.8 Å². The van der Waals surface area contributed by atoms with Crippen LogP contribution in [0.3, 0.4) is 0 Å². The van der Waals surface area contributed by atoms with Gasteiger partial charge in [0.1, 0.15) is 0 Å². The Morgan fingerprint density at radius 2 is 1.79 bits per heavy atom. The van der Waals surface area contributed by atoms with E-state index in [1.807, 2.05) is 13.0 Å². The van der Waals surface area contributed by atoms with Gasteiger partial charge in [-0.05, 0) is 43.2 Å². The lowest BCUT2D eigenvalue weighted by atomic mass is 10.2. The van der Waals surface area contributed by atoms with Gasteiger partial charge < -0.3 is 10.1 Å². The lowest BCUT2D eigenvalue weighted by Crippen LogP contribution is -2.38. The van der Waals surface area contributed by atoms with E-state index in [9.17, 15) is 18.0 Å². The third kappa shape index (κ3) is 4.76. The topological polar surface area (TPSA) is 92.8 Å². The van der Waals surface area contributed by atoms with Crippen molar-refractivity contribution < 1.29 is 22.7 Å². The van der Waals surface area contributed by atoms with Crippen molar-refractivity contribution in [1.29, 1.82) is 0 Å². The van der Waals surface area contributed by atoms with Crippen molar-refractivity contribution in [2.24, 2.45) is 0 Å². The van der Waals surface area contributed by atoms with Gasteiger partial charge >= 0.3 is 5.97 Å². The molecule has 0 spiro atoms. The van der Waals surface area contributed by atoms with Gasteiger partial charge in [-0.3, -0.25) is 4.79 Å². The molecule has 0 aromatic heterocycles. The molecule has 150 valence electrons. The standard InChI is InChI=1S/C20H24N2O5S/c1-5-22(28(25,26)18-12-14(2)10-11-15(18)3)13-19(23)21-17-9-7-6-8-16(17)20(24)27-4/h6-12H,5,13H2,1-4H3,(H,21,23). The summed E-state index contributed by atoms with van der Waals surface area (Å²) in [6, 6.07) is 11.5. The summed E-state index contributed by atoms with van der Waals surface area (Å²) in [6.45, 7) is 4.94. The number of ether oxygens (including phenoxy) is 1. The second kappa shape index (κ2) is 8.99. The molecule has 2 aromatic rings. The molecule has 0 unspecified atom stereocenters. The van der Waals surface area contributed by atoms with Crippen LogP contribution in [0.25, 0.3) is 0 Å². The summed E-state index contributed by atoms with van der Waals surface area (Å²) >= 11 is 0. The molecule has 28 heavy (non-hydrogen) atoms. The highest BCUT2D eigenvalue weighted by atomic mass is 32.2. The lowest BCUT2D eigenvalue weighted by molar-refractivity contribution is -0.116. The fourth-order valence-corrected chi connectivity index (χ4v) is 4.44. The minimum Gasteiger partial charge on any atom is -0.465 e. The van der Waals surface area contributed by atoms with Crippen LogP contribution in [0, 0.1) is 13.8 Å². The number of benzene rings is 2. The smallest absolute Gasteiger partial charge is 0.339 e. The SMILES string of the molecule is CCN(CC(=O)Nc1ccccc1C(=O)OC)S(=O)(=O)c1cc(C)ccc1C. The number of amides is 1. The first kappa shape index (κ1) is 21.6. The number of hydrogen-bond acceptors (Lipinski definition) is 5. The number of carbonyl (C=O) groups is 2. The number of carbonyl (C=O) groups excluding carboxylic acids is 2. The van der Waals surface area contributed by atoms with Gasteiger partial charge in [0, 0.05) is 6.54 Å². The van der Waals surface area contributed by atoms with Crippen molar-refractivity contribution in [3.63, 3.8) is 0 Å². The Kier molecular flexibility index (Phi) is 6.93. The van der Waals surface area contributed by atoms with E-state index in [1.165, 1.54) is 13.2 Å². The summed E-state index contributed by atoms with van der Waals surface area (Å²) in [5.74, 6) is -1.14. The molecule has 0 atom stereocenters. The van der Waals surface area contributed by atoms with Gasteiger partial charge in [0.05, 0.1) is 29.8 Å². The molecule has 0 radical (unpaired) electrons. The minimum absolute atomic E-state index is 0.127. The van der Waals surface area contributed by atoms with Crippen molar-refractivity contribution >= 4 is 27.6 Å². The second-order valence-electron chi connectivity index (χ2n) is 6.29. The fourth-order valence-electron chi connectivity index (χ4n) is 2.72. The molecule has 8 heteroatoms. The normalized spacial score (nSPS) is 11.3. The lowest BCUT2D eigenvalue weighted by Gasteiger charge is -2.21. The van der Waals surface area contributed by atoms with Gasteiger partial charge in [0.25, 0.3) is 0 Å². The Morgan fingerprint density at radius 1 is 1.11 bits per heavy atom. The average molecular weight is 404 g/mol. The molecule has 1 amide bonds. The van der Waals surface area contributed by atoms with Crippen molar-refractivity contribution in [3.8, 4) is 0 Å². The summed E-state index contributed by atoms with van der Waals surface area (Å²) in [4.78, 5) is 24.5. The molecular formula is C20H24N2O5S. The molecule has 7 nitrogen and oxygen atoms in total. The molecular weight excluding hydrogens is 380 g/mol. The zero-order valence-corrected chi connectivity index (χ0v) is 17.2. The number of aryl methyl sites for hydroxylation is 2. The molecule has 0 aliphatic rings. The molecule has 2 aromatic carbocycles. The molecule has 0 aliphatic heterocycles. The van der Waals surface area contributed by atoms with Crippen molar-refractivity contribution in [2.75, 3.05) is 25.5 Å². The van der Waals surface area contributed by atoms with Gasteiger partial charge in [-0.25, -0.2) is 13.2 Å². The van der Waals surface area contributed by atoms with Gasteiger partial charge in [0.2, 0.25) is 15.9 Å². The number of nitrogens with one attached hydrogen (secondary N) is 1. The first-order chi connectivity index (χ1) is 13.2. The average Bonchev–Trinajstić information content (AvgIpc) is 2.67. The minimum atomic E-state index is -3.84. The Balaban J connectivity index is 2.25. The Morgan fingerprint density at radius 3 is 2.43 bits per heavy atom. The first-order valence-electron chi connectivity index (χ1n) is 8.75. The number of nitrogens with zero attached hydrogens (tertiary/aromatic N) is 1. The second-order valence-corrected chi connectivity index (χ2v) is 8.19. The fraction of sp³-hybridized carbons (Fsp3) is 0.300. The van der Waals surface area contributed by atoms with Crippen LogP contribution in [0.5, 0.6) is 0 Å². The number of para-hydroxylation sites is 1. The van der Waals surface area contributed by atoms with E-state index in [2.05, 4.69) is 5.32 Å². The maximum atomic E-state index is 13.0. The number of anilines is 1. The predicted molar refractivity (Wildman–Crippen MR) is 107 cm³/mol.